The molecule has 0 saturated heterocycles. The normalized spacial score (nSPS) is 17.2. The Hall–Kier alpha value is -1.89. The molecular formula is C20H23N. The SMILES string of the molecule is CC1([15N]=C(c2ccccc2)c2ccccc2)CCCCC1. The molecule has 0 atom stereocenters. The van der Waals surface area contributed by atoms with Crippen molar-refractivity contribution in [3.8, 4) is 0 Å². The summed E-state index contributed by atoms with van der Waals surface area (Å²) in [4.78, 5) is 5.22. The number of aliphatic imine (C=N–C) groups is 1. The highest BCUT2D eigenvalue weighted by molar-refractivity contribution is 6.13. The van der Waals surface area contributed by atoms with Gasteiger partial charge < -0.3 is 0 Å². The van der Waals surface area contributed by atoms with Crippen molar-refractivity contribution in [1.29, 1.82) is 0 Å². The number of benzene rings is 2. The Morgan fingerprint density at radius 1 is 0.762 bits per heavy atom. The molecule has 1 saturated carbocycles. The van der Waals surface area contributed by atoms with Gasteiger partial charge in [-0.25, -0.2) is 0 Å². The van der Waals surface area contributed by atoms with E-state index in [9.17, 15) is 0 Å². The molecule has 0 unspecified atom stereocenters. The highest BCUT2D eigenvalue weighted by Crippen LogP contribution is 2.32. The first-order chi connectivity index (χ1) is 10.3. The fourth-order valence-electron chi connectivity index (χ4n) is 3.18. The van der Waals surface area contributed by atoms with Crippen LogP contribution in [0.15, 0.2) is 65.7 Å². The zero-order valence-corrected chi connectivity index (χ0v) is 12.8. The van der Waals surface area contributed by atoms with Gasteiger partial charge in [-0.15, -0.1) is 0 Å². The van der Waals surface area contributed by atoms with E-state index in [1.165, 1.54) is 43.2 Å². The van der Waals surface area contributed by atoms with Gasteiger partial charge in [-0.3, -0.25) is 4.99 Å². The first-order valence-corrected chi connectivity index (χ1v) is 7.98. The Labute approximate surface area is 127 Å². The summed E-state index contributed by atoms with van der Waals surface area (Å²) < 4.78 is 0. The molecule has 0 aromatic heterocycles. The van der Waals surface area contributed by atoms with Gasteiger partial charge in [-0.2, -0.15) is 0 Å². The average Bonchev–Trinajstić information content (AvgIpc) is 2.55. The van der Waals surface area contributed by atoms with Gasteiger partial charge in [0.05, 0.1) is 11.3 Å². The third-order valence-electron chi connectivity index (χ3n) is 4.41. The Kier molecular flexibility index (Phi) is 4.19. The molecule has 0 aliphatic heterocycles. The Morgan fingerprint density at radius 2 is 1.24 bits per heavy atom. The lowest BCUT2D eigenvalue weighted by Gasteiger charge is -2.31. The second-order valence-corrected chi connectivity index (χ2v) is 6.25. The summed E-state index contributed by atoms with van der Waals surface area (Å²) in [6, 6.07) is 21.2. The van der Waals surface area contributed by atoms with Gasteiger partial charge in [0.2, 0.25) is 0 Å². The number of nitrogens with zero attached hydrogens (tertiary/aromatic N) is 1. The Morgan fingerprint density at radius 3 is 1.71 bits per heavy atom. The van der Waals surface area contributed by atoms with Crippen molar-refractivity contribution in [3.05, 3.63) is 71.8 Å². The highest BCUT2D eigenvalue weighted by Gasteiger charge is 2.27. The van der Waals surface area contributed by atoms with Gasteiger partial charge in [0.25, 0.3) is 0 Å². The molecule has 0 bridgehead atoms. The molecule has 0 spiro atoms. The van der Waals surface area contributed by atoms with Crippen molar-refractivity contribution in [2.24, 2.45) is 4.99 Å². The standard InChI is InChI=1S/C20H23N/c1-20(15-9-4-10-16-20)21-19(17-11-5-2-6-12-17)18-13-7-3-8-14-18/h2-3,5-8,11-14H,4,9-10,15-16H2,1H3/i21+1. The van der Waals surface area contributed by atoms with E-state index in [0.29, 0.717) is 0 Å². The van der Waals surface area contributed by atoms with E-state index in [1.54, 1.807) is 0 Å². The number of rotatable bonds is 3. The maximum Gasteiger partial charge on any atom is 0.0725 e. The lowest BCUT2D eigenvalue weighted by Crippen LogP contribution is -2.27. The number of hydrogen-bond acceptors (Lipinski definition) is 1. The van der Waals surface area contributed by atoms with Crippen LogP contribution in [0.3, 0.4) is 0 Å². The molecular weight excluding hydrogens is 255 g/mol. The van der Waals surface area contributed by atoms with Gasteiger partial charge in [0, 0.05) is 11.1 Å². The van der Waals surface area contributed by atoms with Gasteiger partial charge in [0.1, 0.15) is 0 Å². The monoisotopic (exact) mass is 278 g/mol. The summed E-state index contributed by atoms with van der Waals surface area (Å²) in [6.45, 7) is 2.32. The van der Waals surface area contributed by atoms with Gasteiger partial charge in [-0.1, -0.05) is 79.9 Å². The minimum Gasteiger partial charge on any atom is -0.278 e. The third-order valence-corrected chi connectivity index (χ3v) is 4.41. The van der Waals surface area contributed by atoms with Gasteiger partial charge in [0.15, 0.2) is 0 Å². The van der Waals surface area contributed by atoms with Crippen LogP contribution in [0, 0.1) is 0 Å². The highest BCUT2D eigenvalue weighted by atomic mass is 15.6. The fraction of sp³-hybridized carbons (Fsp3) is 0.350. The summed E-state index contributed by atoms with van der Waals surface area (Å²) in [6.07, 6.45) is 6.37. The molecule has 1 fully saturated rings. The predicted molar refractivity (Wildman–Crippen MR) is 90.0 cm³/mol. The molecule has 2 aromatic rings. The van der Waals surface area contributed by atoms with Crippen molar-refractivity contribution in [1.82, 2.24) is 0 Å². The molecule has 3 rings (SSSR count). The second kappa shape index (κ2) is 6.26. The van der Waals surface area contributed by atoms with Crippen LogP contribution < -0.4 is 0 Å². The first kappa shape index (κ1) is 14.1. The van der Waals surface area contributed by atoms with Crippen LogP contribution in [0.2, 0.25) is 0 Å². The lowest BCUT2D eigenvalue weighted by molar-refractivity contribution is 0.325. The van der Waals surface area contributed by atoms with Crippen LogP contribution in [0.4, 0.5) is 0 Å². The fourth-order valence-corrected chi connectivity index (χ4v) is 3.18. The average molecular weight is 278 g/mol. The predicted octanol–water partition coefficient (Wildman–Crippen LogP) is 5.25. The molecule has 1 heteroatoms. The molecule has 0 heterocycles. The maximum absolute atomic E-state index is 5.22. The molecule has 1 nitrogen and oxygen atoms in total. The van der Waals surface area contributed by atoms with Crippen LogP contribution >= 0.6 is 0 Å². The van der Waals surface area contributed by atoms with E-state index in [1.807, 2.05) is 0 Å². The molecule has 2 aromatic carbocycles. The topological polar surface area (TPSA) is 12.4 Å². The number of hydrogen-bond donors (Lipinski definition) is 0. The van der Waals surface area contributed by atoms with Crippen molar-refractivity contribution in [2.45, 2.75) is 44.6 Å². The minimum absolute atomic E-state index is 0.0965. The van der Waals surface area contributed by atoms with Crippen LogP contribution in [0.5, 0.6) is 0 Å². The van der Waals surface area contributed by atoms with Crippen LogP contribution in [-0.4, -0.2) is 11.3 Å². The second-order valence-electron chi connectivity index (χ2n) is 6.25. The zero-order valence-electron chi connectivity index (χ0n) is 12.8. The Bertz CT molecular complexity index is 551. The van der Waals surface area contributed by atoms with E-state index >= 15 is 0 Å². The van der Waals surface area contributed by atoms with E-state index in [-0.39, 0.29) is 5.54 Å². The molecule has 1 aliphatic rings. The van der Waals surface area contributed by atoms with E-state index in [2.05, 4.69) is 67.6 Å². The van der Waals surface area contributed by atoms with Crippen LogP contribution in [-0.2, 0) is 0 Å². The Balaban J connectivity index is 2.04. The molecule has 0 N–H and O–H groups in total. The van der Waals surface area contributed by atoms with Crippen molar-refractivity contribution < 1.29 is 0 Å². The van der Waals surface area contributed by atoms with Crippen molar-refractivity contribution in [2.75, 3.05) is 0 Å². The quantitative estimate of drug-likeness (QED) is 0.537. The molecule has 0 radical (unpaired) electrons. The summed E-state index contributed by atoms with van der Waals surface area (Å²) >= 11 is 0. The van der Waals surface area contributed by atoms with Crippen molar-refractivity contribution >= 4 is 5.71 Å². The van der Waals surface area contributed by atoms with Crippen LogP contribution in [0.25, 0.3) is 0 Å². The summed E-state index contributed by atoms with van der Waals surface area (Å²) in [5, 5.41) is 0. The molecule has 108 valence electrons. The molecule has 1 aliphatic carbocycles. The third kappa shape index (κ3) is 3.41. The van der Waals surface area contributed by atoms with E-state index < -0.39 is 0 Å². The largest absolute Gasteiger partial charge is 0.278 e. The molecule has 0 amide bonds. The van der Waals surface area contributed by atoms with Gasteiger partial charge in [-0.05, 0) is 19.8 Å². The first-order valence-electron chi connectivity index (χ1n) is 7.98. The summed E-state index contributed by atoms with van der Waals surface area (Å²) in [5.41, 5.74) is 3.67. The lowest BCUT2D eigenvalue weighted by atomic mass is 9.85. The smallest absolute Gasteiger partial charge is 0.0725 e. The van der Waals surface area contributed by atoms with E-state index in [4.69, 9.17) is 4.99 Å². The van der Waals surface area contributed by atoms with Crippen molar-refractivity contribution in [3.63, 3.8) is 0 Å². The minimum atomic E-state index is 0.0965. The molecule has 21 heavy (non-hydrogen) atoms. The summed E-state index contributed by atoms with van der Waals surface area (Å²) in [7, 11) is 0. The van der Waals surface area contributed by atoms with E-state index in [0.717, 1.165) is 5.71 Å². The maximum atomic E-state index is 5.22. The van der Waals surface area contributed by atoms with Crippen LogP contribution in [0.1, 0.15) is 50.2 Å². The van der Waals surface area contributed by atoms with Gasteiger partial charge >= 0.3 is 0 Å². The summed E-state index contributed by atoms with van der Waals surface area (Å²) in [5.74, 6) is 0. The zero-order chi connectivity index (χ0) is 14.5.